The van der Waals surface area contributed by atoms with Crippen molar-refractivity contribution in [1.82, 2.24) is 25.1 Å². The Balaban J connectivity index is 1.52. The number of phenolic OH excluding ortho intramolecular Hbond substituents is 1. The first kappa shape index (κ1) is 14.8. The van der Waals surface area contributed by atoms with Gasteiger partial charge in [-0.3, -0.25) is 9.89 Å². The van der Waals surface area contributed by atoms with Crippen molar-refractivity contribution in [3.63, 3.8) is 0 Å². The Kier molecular flexibility index (Phi) is 4.37. The number of hydrogen-bond donors (Lipinski definition) is 3. The summed E-state index contributed by atoms with van der Waals surface area (Å²) in [6.45, 7) is 1.38. The first-order valence-corrected chi connectivity index (χ1v) is 7.31. The van der Waals surface area contributed by atoms with Gasteiger partial charge in [-0.05, 0) is 36.8 Å². The van der Waals surface area contributed by atoms with Gasteiger partial charge < -0.3 is 15.0 Å². The fourth-order valence-electron chi connectivity index (χ4n) is 2.20. The highest BCUT2D eigenvalue weighted by molar-refractivity contribution is 5.93. The van der Waals surface area contributed by atoms with Crippen LogP contribution in [0.3, 0.4) is 0 Å². The molecule has 1 aromatic carbocycles. The molecule has 3 rings (SSSR count). The summed E-state index contributed by atoms with van der Waals surface area (Å²) >= 11 is 0. The van der Waals surface area contributed by atoms with E-state index >= 15 is 0 Å². The highest BCUT2D eigenvalue weighted by Crippen LogP contribution is 2.20. The molecule has 0 saturated heterocycles. The van der Waals surface area contributed by atoms with Crippen molar-refractivity contribution < 1.29 is 9.90 Å². The Hall–Kier alpha value is -3.09. The van der Waals surface area contributed by atoms with Crippen molar-refractivity contribution in [3.05, 3.63) is 54.7 Å². The molecule has 23 heavy (non-hydrogen) atoms. The molecule has 2 heterocycles. The minimum atomic E-state index is -0.187. The molecule has 0 aliphatic carbocycles. The first-order chi connectivity index (χ1) is 11.2. The number of benzene rings is 1. The van der Waals surface area contributed by atoms with Gasteiger partial charge in [0.25, 0.3) is 5.91 Å². The highest BCUT2D eigenvalue weighted by Gasteiger charge is 2.10. The van der Waals surface area contributed by atoms with Gasteiger partial charge in [-0.2, -0.15) is 5.10 Å². The number of hydrogen-bond acceptors (Lipinski definition) is 4. The lowest BCUT2D eigenvalue weighted by Crippen LogP contribution is -2.25. The summed E-state index contributed by atoms with van der Waals surface area (Å²) in [5.74, 6) is 0.00769. The standard InChI is InChI=1S/C16H17N5O2/c22-13-4-2-12(3-5-13)14-10-15(20-19-14)16(23)18-6-1-8-21-9-7-17-11-21/h2-5,7,9-11,22H,1,6,8H2,(H,18,23)(H,19,20). The van der Waals surface area contributed by atoms with E-state index in [9.17, 15) is 9.90 Å². The number of nitrogens with one attached hydrogen (secondary N) is 2. The Morgan fingerprint density at radius 1 is 1.30 bits per heavy atom. The van der Waals surface area contributed by atoms with Gasteiger partial charge in [-0.15, -0.1) is 0 Å². The molecule has 0 atom stereocenters. The molecule has 2 aromatic heterocycles. The van der Waals surface area contributed by atoms with E-state index in [2.05, 4.69) is 20.5 Å². The maximum atomic E-state index is 12.1. The number of carbonyl (C=O) groups is 1. The van der Waals surface area contributed by atoms with Crippen LogP contribution < -0.4 is 5.32 Å². The van der Waals surface area contributed by atoms with E-state index in [-0.39, 0.29) is 11.7 Å². The summed E-state index contributed by atoms with van der Waals surface area (Å²) in [5, 5.41) is 19.0. The van der Waals surface area contributed by atoms with E-state index in [0.29, 0.717) is 17.9 Å². The average Bonchev–Trinajstić information content (AvgIpc) is 3.24. The monoisotopic (exact) mass is 311 g/mol. The van der Waals surface area contributed by atoms with Crippen LogP contribution in [0, 0.1) is 0 Å². The minimum absolute atomic E-state index is 0.187. The number of aryl methyl sites for hydroxylation is 1. The molecule has 7 heteroatoms. The van der Waals surface area contributed by atoms with Crippen LogP contribution in [0.4, 0.5) is 0 Å². The second kappa shape index (κ2) is 6.78. The zero-order valence-electron chi connectivity index (χ0n) is 12.4. The molecule has 118 valence electrons. The van der Waals surface area contributed by atoms with Crippen molar-refractivity contribution in [3.8, 4) is 17.0 Å². The highest BCUT2D eigenvalue weighted by atomic mass is 16.3. The van der Waals surface area contributed by atoms with Crippen LogP contribution >= 0.6 is 0 Å². The second-order valence-corrected chi connectivity index (χ2v) is 5.12. The number of nitrogens with zero attached hydrogens (tertiary/aromatic N) is 3. The number of rotatable bonds is 6. The van der Waals surface area contributed by atoms with E-state index < -0.39 is 0 Å². The van der Waals surface area contributed by atoms with Gasteiger partial charge in [0.1, 0.15) is 11.4 Å². The zero-order chi connectivity index (χ0) is 16.1. The number of imidazole rings is 1. The third-order valence-corrected chi connectivity index (χ3v) is 3.42. The maximum Gasteiger partial charge on any atom is 0.269 e. The number of aromatic nitrogens is 4. The van der Waals surface area contributed by atoms with Gasteiger partial charge in [0.05, 0.1) is 12.0 Å². The maximum absolute atomic E-state index is 12.1. The smallest absolute Gasteiger partial charge is 0.269 e. The minimum Gasteiger partial charge on any atom is -0.508 e. The van der Waals surface area contributed by atoms with Crippen molar-refractivity contribution in [1.29, 1.82) is 0 Å². The van der Waals surface area contributed by atoms with Crippen LogP contribution in [0.15, 0.2) is 49.1 Å². The largest absolute Gasteiger partial charge is 0.508 e. The van der Waals surface area contributed by atoms with Crippen LogP contribution in [0.1, 0.15) is 16.9 Å². The molecule has 7 nitrogen and oxygen atoms in total. The van der Waals surface area contributed by atoms with Gasteiger partial charge in [0.2, 0.25) is 0 Å². The van der Waals surface area contributed by atoms with Gasteiger partial charge in [0.15, 0.2) is 0 Å². The third-order valence-electron chi connectivity index (χ3n) is 3.42. The molecule has 3 aromatic rings. The fourth-order valence-corrected chi connectivity index (χ4v) is 2.20. The average molecular weight is 311 g/mol. The van der Waals surface area contributed by atoms with Crippen LogP contribution in [0.25, 0.3) is 11.3 Å². The lowest BCUT2D eigenvalue weighted by Gasteiger charge is -2.04. The molecular formula is C16H17N5O2. The van der Waals surface area contributed by atoms with E-state index in [1.807, 2.05) is 10.8 Å². The predicted molar refractivity (Wildman–Crippen MR) is 84.9 cm³/mol. The second-order valence-electron chi connectivity index (χ2n) is 5.12. The summed E-state index contributed by atoms with van der Waals surface area (Å²) < 4.78 is 1.96. The zero-order valence-corrected chi connectivity index (χ0v) is 12.4. The summed E-state index contributed by atoms with van der Waals surface area (Å²) in [6.07, 6.45) is 6.19. The van der Waals surface area contributed by atoms with E-state index in [0.717, 1.165) is 18.5 Å². The van der Waals surface area contributed by atoms with Crippen LogP contribution in [0.5, 0.6) is 5.75 Å². The Bertz CT molecular complexity index is 762. The number of amides is 1. The molecule has 0 unspecified atom stereocenters. The van der Waals surface area contributed by atoms with E-state index in [1.165, 1.54) is 0 Å². The van der Waals surface area contributed by atoms with E-state index in [1.54, 1.807) is 42.9 Å². The number of H-pyrrole nitrogens is 1. The van der Waals surface area contributed by atoms with Gasteiger partial charge in [-0.1, -0.05) is 0 Å². The Morgan fingerprint density at radius 3 is 2.87 bits per heavy atom. The topological polar surface area (TPSA) is 95.8 Å². The Morgan fingerprint density at radius 2 is 2.13 bits per heavy atom. The molecule has 0 bridgehead atoms. The number of aromatic hydroxyl groups is 1. The molecule has 0 radical (unpaired) electrons. The van der Waals surface area contributed by atoms with Crippen molar-refractivity contribution in [2.45, 2.75) is 13.0 Å². The SMILES string of the molecule is O=C(NCCCn1ccnc1)c1cc(-c2ccc(O)cc2)n[nH]1. The summed E-state index contributed by atoms with van der Waals surface area (Å²) in [4.78, 5) is 16.0. The number of phenols is 1. The molecular weight excluding hydrogens is 294 g/mol. The van der Waals surface area contributed by atoms with Crippen LogP contribution in [-0.2, 0) is 6.54 Å². The van der Waals surface area contributed by atoms with Crippen LogP contribution in [-0.4, -0.2) is 37.3 Å². The molecule has 0 fully saturated rings. The summed E-state index contributed by atoms with van der Waals surface area (Å²) in [7, 11) is 0. The third kappa shape index (κ3) is 3.76. The number of carbonyl (C=O) groups excluding carboxylic acids is 1. The lowest BCUT2D eigenvalue weighted by atomic mass is 10.1. The van der Waals surface area contributed by atoms with Crippen molar-refractivity contribution in [2.75, 3.05) is 6.54 Å². The molecule has 0 aliphatic heterocycles. The first-order valence-electron chi connectivity index (χ1n) is 7.31. The molecule has 0 aliphatic rings. The molecule has 0 saturated carbocycles. The normalized spacial score (nSPS) is 10.6. The Labute approximate surface area is 133 Å². The quantitative estimate of drug-likeness (QED) is 0.605. The predicted octanol–water partition coefficient (Wildman–Crippen LogP) is 1.80. The summed E-state index contributed by atoms with van der Waals surface area (Å²) in [6, 6.07) is 8.36. The van der Waals surface area contributed by atoms with E-state index in [4.69, 9.17) is 0 Å². The van der Waals surface area contributed by atoms with Crippen molar-refractivity contribution in [2.24, 2.45) is 0 Å². The van der Waals surface area contributed by atoms with Gasteiger partial charge in [0, 0.05) is 31.0 Å². The molecule has 3 N–H and O–H groups in total. The lowest BCUT2D eigenvalue weighted by molar-refractivity contribution is 0.0947. The summed E-state index contributed by atoms with van der Waals surface area (Å²) in [5.41, 5.74) is 1.91. The molecule has 0 spiro atoms. The number of aromatic amines is 1. The molecule has 1 amide bonds. The van der Waals surface area contributed by atoms with Crippen molar-refractivity contribution >= 4 is 5.91 Å². The van der Waals surface area contributed by atoms with Crippen LogP contribution in [0.2, 0.25) is 0 Å². The fraction of sp³-hybridized carbons (Fsp3) is 0.188. The van der Waals surface area contributed by atoms with Gasteiger partial charge >= 0.3 is 0 Å². The van der Waals surface area contributed by atoms with Gasteiger partial charge in [-0.25, -0.2) is 4.98 Å².